The molecule has 0 aromatic rings. The third-order valence-corrected chi connectivity index (χ3v) is 2.18. The summed E-state index contributed by atoms with van der Waals surface area (Å²) in [5, 5.41) is 2.20. The van der Waals surface area contributed by atoms with Crippen molar-refractivity contribution in [2.24, 2.45) is 5.73 Å². The molecule has 0 aromatic carbocycles. The lowest BCUT2D eigenvalue weighted by Crippen LogP contribution is -2.35. The molecule has 0 saturated heterocycles. The number of carbonyl (C=O) groups excluding carboxylic acids is 2. The molecule has 0 aliphatic carbocycles. The van der Waals surface area contributed by atoms with Crippen LogP contribution >= 0.6 is 11.8 Å². The molecular weight excluding hydrogens is 192 g/mol. The molecule has 1 amide bonds. The van der Waals surface area contributed by atoms with Gasteiger partial charge in [0, 0.05) is 12.8 Å². The third-order valence-electron chi connectivity index (χ3n) is 1.19. The Morgan fingerprint density at radius 2 is 2.23 bits per heavy atom. The van der Waals surface area contributed by atoms with Crippen molar-refractivity contribution in [3.63, 3.8) is 0 Å². The van der Waals surface area contributed by atoms with Gasteiger partial charge in [-0.05, 0) is 6.92 Å². The largest absolute Gasteiger partial charge is 0.465 e. The summed E-state index contributed by atoms with van der Waals surface area (Å²) in [6.07, 6.45) is 0. The topological polar surface area (TPSA) is 81.4 Å². The molecule has 0 aliphatic heterocycles. The minimum absolute atomic E-state index is 0.209. The molecule has 0 spiro atoms. The molecule has 0 heterocycles. The number of thioether (sulfide) groups is 1. The maximum absolute atomic E-state index is 11.0. The van der Waals surface area contributed by atoms with Crippen molar-refractivity contribution in [2.45, 2.75) is 13.0 Å². The molecule has 76 valence electrons. The number of ether oxygens (including phenoxy) is 1. The molecule has 3 N–H and O–H groups in total. The van der Waals surface area contributed by atoms with Crippen LogP contribution in [0.2, 0.25) is 0 Å². The van der Waals surface area contributed by atoms with E-state index < -0.39 is 12.0 Å². The van der Waals surface area contributed by atoms with Gasteiger partial charge in [-0.2, -0.15) is 0 Å². The van der Waals surface area contributed by atoms with Gasteiger partial charge in [0.25, 0.3) is 5.24 Å². The predicted octanol–water partition coefficient (Wildman–Crippen LogP) is -0.0506. The minimum atomic E-state index is -0.734. The van der Waals surface area contributed by atoms with Crippen LogP contribution in [0.5, 0.6) is 0 Å². The van der Waals surface area contributed by atoms with Gasteiger partial charge in [0.1, 0.15) is 6.04 Å². The van der Waals surface area contributed by atoms with E-state index in [1.807, 2.05) is 0 Å². The Morgan fingerprint density at radius 3 is 2.69 bits per heavy atom. The lowest BCUT2D eigenvalue weighted by molar-refractivity contribution is -0.144. The summed E-state index contributed by atoms with van der Waals surface area (Å²) in [6.45, 7) is 2.01. The Balaban J connectivity index is 3.67. The van der Waals surface area contributed by atoms with E-state index in [2.05, 4.69) is 10.1 Å². The summed E-state index contributed by atoms with van der Waals surface area (Å²) in [4.78, 5) is 21.7. The fourth-order valence-electron chi connectivity index (χ4n) is 0.555. The minimum Gasteiger partial charge on any atom is -0.465 e. The SMILES string of the molecule is CCOC(=O)[C@@H](N)CSC(=O)NC. The predicted molar refractivity (Wildman–Crippen MR) is 51.5 cm³/mol. The van der Waals surface area contributed by atoms with Crippen LogP contribution in [0.25, 0.3) is 0 Å². The van der Waals surface area contributed by atoms with Crippen LogP contribution in [0.3, 0.4) is 0 Å². The zero-order chi connectivity index (χ0) is 10.3. The van der Waals surface area contributed by atoms with Crippen LogP contribution in [-0.2, 0) is 9.53 Å². The highest BCUT2D eigenvalue weighted by Gasteiger charge is 2.15. The van der Waals surface area contributed by atoms with Crippen molar-refractivity contribution in [2.75, 3.05) is 19.4 Å². The third kappa shape index (κ3) is 5.48. The quantitative estimate of drug-likeness (QED) is 0.630. The first-order valence-corrected chi connectivity index (χ1v) is 4.87. The number of amides is 1. The Bertz CT molecular complexity index is 187. The molecule has 0 bridgehead atoms. The van der Waals surface area contributed by atoms with Gasteiger partial charge in [0.15, 0.2) is 0 Å². The van der Waals surface area contributed by atoms with Crippen molar-refractivity contribution in [1.29, 1.82) is 0 Å². The molecule has 0 aliphatic rings. The van der Waals surface area contributed by atoms with E-state index in [0.717, 1.165) is 11.8 Å². The average molecular weight is 206 g/mol. The van der Waals surface area contributed by atoms with Crippen molar-refractivity contribution in [3.05, 3.63) is 0 Å². The molecule has 0 aromatic heterocycles. The Labute approximate surface area is 81.4 Å². The number of esters is 1. The second kappa shape index (κ2) is 6.73. The van der Waals surface area contributed by atoms with E-state index in [0.29, 0.717) is 6.61 Å². The maximum atomic E-state index is 11.0. The molecule has 0 saturated carbocycles. The van der Waals surface area contributed by atoms with Gasteiger partial charge in [0.05, 0.1) is 6.61 Å². The number of hydrogen-bond donors (Lipinski definition) is 2. The van der Waals surface area contributed by atoms with Crippen LogP contribution in [-0.4, -0.2) is 36.7 Å². The van der Waals surface area contributed by atoms with Gasteiger partial charge >= 0.3 is 5.97 Å². The van der Waals surface area contributed by atoms with Crippen LogP contribution in [0.4, 0.5) is 4.79 Å². The first-order valence-electron chi connectivity index (χ1n) is 3.88. The maximum Gasteiger partial charge on any atom is 0.323 e. The van der Waals surface area contributed by atoms with Crippen molar-refractivity contribution >= 4 is 23.0 Å². The molecule has 5 nitrogen and oxygen atoms in total. The molecule has 1 atom stereocenters. The highest BCUT2D eigenvalue weighted by Crippen LogP contribution is 2.03. The van der Waals surface area contributed by atoms with Gasteiger partial charge in [0.2, 0.25) is 0 Å². The molecule has 0 rings (SSSR count). The lowest BCUT2D eigenvalue weighted by Gasteiger charge is -2.08. The standard InChI is InChI=1S/C7H14N2O3S/c1-3-12-6(10)5(8)4-13-7(11)9-2/h5H,3-4,8H2,1-2H3,(H,9,11)/t5-/m0/s1. The Kier molecular flexibility index (Phi) is 6.34. The highest BCUT2D eigenvalue weighted by molar-refractivity contribution is 8.13. The van der Waals surface area contributed by atoms with Crippen molar-refractivity contribution in [1.82, 2.24) is 5.32 Å². The number of nitrogens with one attached hydrogen (secondary N) is 1. The first-order chi connectivity index (χ1) is 6.11. The lowest BCUT2D eigenvalue weighted by atomic mass is 10.4. The van der Waals surface area contributed by atoms with Gasteiger partial charge in [-0.15, -0.1) is 0 Å². The Morgan fingerprint density at radius 1 is 1.62 bits per heavy atom. The van der Waals surface area contributed by atoms with Gasteiger partial charge in [-0.25, -0.2) is 0 Å². The molecule has 0 fully saturated rings. The number of nitrogens with two attached hydrogens (primary N) is 1. The molecule has 13 heavy (non-hydrogen) atoms. The van der Waals surface area contributed by atoms with E-state index in [9.17, 15) is 9.59 Å². The summed E-state index contributed by atoms with van der Waals surface area (Å²) < 4.78 is 4.66. The van der Waals surface area contributed by atoms with E-state index in [-0.39, 0.29) is 11.0 Å². The zero-order valence-corrected chi connectivity index (χ0v) is 8.52. The molecule has 0 unspecified atom stereocenters. The summed E-state index contributed by atoms with van der Waals surface area (Å²) in [6, 6.07) is -0.734. The number of rotatable bonds is 4. The summed E-state index contributed by atoms with van der Waals surface area (Å²) in [7, 11) is 1.52. The second-order valence-electron chi connectivity index (χ2n) is 2.21. The van der Waals surface area contributed by atoms with Crippen LogP contribution in [0.15, 0.2) is 0 Å². The van der Waals surface area contributed by atoms with Gasteiger partial charge in [-0.3, -0.25) is 9.59 Å². The van der Waals surface area contributed by atoms with Crippen LogP contribution < -0.4 is 11.1 Å². The van der Waals surface area contributed by atoms with E-state index in [4.69, 9.17) is 5.73 Å². The number of hydrogen-bond acceptors (Lipinski definition) is 5. The van der Waals surface area contributed by atoms with Crippen molar-refractivity contribution < 1.29 is 14.3 Å². The first kappa shape index (κ1) is 12.2. The monoisotopic (exact) mass is 206 g/mol. The molecule has 6 heteroatoms. The fraction of sp³-hybridized carbons (Fsp3) is 0.714. The average Bonchev–Trinajstić information content (AvgIpc) is 2.13. The van der Waals surface area contributed by atoms with Crippen LogP contribution in [0.1, 0.15) is 6.92 Å². The fourth-order valence-corrected chi connectivity index (χ4v) is 1.17. The zero-order valence-electron chi connectivity index (χ0n) is 7.70. The van der Waals surface area contributed by atoms with Gasteiger partial charge < -0.3 is 15.8 Å². The van der Waals surface area contributed by atoms with Gasteiger partial charge in [-0.1, -0.05) is 11.8 Å². The molecular formula is C7H14N2O3S. The Hall–Kier alpha value is -0.750. The smallest absolute Gasteiger partial charge is 0.323 e. The van der Waals surface area contributed by atoms with E-state index in [1.165, 1.54) is 7.05 Å². The van der Waals surface area contributed by atoms with E-state index >= 15 is 0 Å². The van der Waals surface area contributed by atoms with Crippen molar-refractivity contribution in [3.8, 4) is 0 Å². The summed E-state index contributed by atoms with van der Waals surface area (Å²) in [5.74, 6) is -0.239. The highest BCUT2D eigenvalue weighted by atomic mass is 32.2. The summed E-state index contributed by atoms with van der Waals surface area (Å²) >= 11 is 0.963. The number of carbonyl (C=O) groups is 2. The summed E-state index contributed by atoms with van der Waals surface area (Å²) in [5.41, 5.74) is 5.43. The molecule has 0 radical (unpaired) electrons. The normalized spacial score (nSPS) is 11.9. The van der Waals surface area contributed by atoms with Crippen LogP contribution in [0, 0.1) is 0 Å². The van der Waals surface area contributed by atoms with E-state index in [1.54, 1.807) is 6.92 Å². The second-order valence-corrected chi connectivity index (χ2v) is 3.20.